The van der Waals surface area contributed by atoms with Crippen LogP contribution in [0.5, 0.6) is 5.75 Å². The molecule has 0 saturated carbocycles. The topological polar surface area (TPSA) is 50.5 Å². The van der Waals surface area contributed by atoms with Crippen LogP contribution in [0.2, 0.25) is 0 Å². The van der Waals surface area contributed by atoms with Crippen molar-refractivity contribution in [3.63, 3.8) is 0 Å². The van der Waals surface area contributed by atoms with Crippen molar-refractivity contribution in [1.29, 1.82) is 0 Å². The maximum atomic E-state index is 8.83. The van der Waals surface area contributed by atoms with Gasteiger partial charge in [0, 0.05) is 30.5 Å². The van der Waals surface area contributed by atoms with Gasteiger partial charge in [0.2, 0.25) is 0 Å². The van der Waals surface area contributed by atoms with E-state index in [1.165, 1.54) is 32.4 Å². The van der Waals surface area contributed by atoms with E-state index in [-0.39, 0.29) is 6.61 Å². The molecule has 5 nitrogen and oxygen atoms in total. The fourth-order valence-electron chi connectivity index (χ4n) is 3.47. The molecule has 130 valence electrons. The summed E-state index contributed by atoms with van der Waals surface area (Å²) in [6.45, 7) is 6.09. The highest BCUT2D eigenvalue weighted by Gasteiger charge is 2.22. The van der Waals surface area contributed by atoms with E-state index in [0.717, 1.165) is 23.7 Å². The molecular weight excluding hydrogens is 302 g/mol. The van der Waals surface area contributed by atoms with Crippen LogP contribution in [0.3, 0.4) is 0 Å². The van der Waals surface area contributed by atoms with Crippen molar-refractivity contribution in [2.45, 2.75) is 32.2 Å². The number of likely N-dealkylation sites (tertiary alicyclic amines) is 1. The van der Waals surface area contributed by atoms with Crippen LogP contribution in [0.25, 0.3) is 11.4 Å². The second-order valence-electron chi connectivity index (χ2n) is 6.35. The van der Waals surface area contributed by atoms with Crippen molar-refractivity contribution in [3.8, 4) is 17.1 Å². The lowest BCUT2D eigenvalue weighted by molar-refractivity contribution is 0.178. The second kappa shape index (κ2) is 8.31. The summed E-state index contributed by atoms with van der Waals surface area (Å²) >= 11 is 0. The van der Waals surface area contributed by atoms with Crippen LogP contribution in [0.15, 0.2) is 36.7 Å². The zero-order valence-electron chi connectivity index (χ0n) is 14.4. The van der Waals surface area contributed by atoms with Crippen LogP contribution < -0.4 is 4.74 Å². The summed E-state index contributed by atoms with van der Waals surface area (Å²) in [5.74, 6) is 1.80. The fraction of sp³-hybridized carbons (Fsp3) is 0.526. The van der Waals surface area contributed by atoms with Gasteiger partial charge in [-0.2, -0.15) is 0 Å². The fourth-order valence-corrected chi connectivity index (χ4v) is 3.47. The van der Waals surface area contributed by atoms with E-state index < -0.39 is 0 Å². The van der Waals surface area contributed by atoms with E-state index in [2.05, 4.69) is 27.6 Å². The van der Waals surface area contributed by atoms with Crippen molar-refractivity contribution < 1.29 is 9.84 Å². The SMILES string of the molecule is CCCN1CCCC(n2ccnc2-c2ccc(OCCO)cc2)C1. The molecule has 1 atom stereocenters. The highest BCUT2D eigenvalue weighted by Crippen LogP contribution is 2.28. The Hall–Kier alpha value is -1.85. The number of rotatable bonds is 7. The van der Waals surface area contributed by atoms with Gasteiger partial charge in [0.05, 0.1) is 6.61 Å². The quantitative estimate of drug-likeness (QED) is 0.848. The Morgan fingerprint density at radius 3 is 2.88 bits per heavy atom. The number of ether oxygens (including phenoxy) is 1. The van der Waals surface area contributed by atoms with E-state index in [0.29, 0.717) is 12.6 Å². The first-order chi connectivity index (χ1) is 11.8. The van der Waals surface area contributed by atoms with E-state index in [1.54, 1.807) is 0 Å². The van der Waals surface area contributed by atoms with Gasteiger partial charge in [-0.3, -0.25) is 0 Å². The van der Waals surface area contributed by atoms with E-state index in [1.807, 2.05) is 30.5 Å². The minimum Gasteiger partial charge on any atom is -0.491 e. The van der Waals surface area contributed by atoms with Crippen LogP contribution in [0, 0.1) is 0 Å². The largest absolute Gasteiger partial charge is 0.491 e. The molecule has 2 heterocycles. The first-order valence-corrected chi connectivity index (χ1v) is 8.91. The third kappa shape index (κ3) is 3.97. The summed E-state index contributed by atoms with van der Waals surface area (Å²) in [7, 11) is 0. The molecule has 24 heavy (non-hydrogen) atoms. The van der Waals surface area contributed by atoms with E-state index >= 15 is 0 Å². The van der Waals surface area contributed by atoms with Gasteiger partial charge in [-0.15, -0.1) is 0 Å². The smallest absolute Gasteiger partial charge is 0.140 e. The molecule has 1 saturated heterocycles. The molecule has 1 aliphatic rings. The normalized spacial score (nSPS) is 18.7. The van der Waals surface area contributed by atoms with Gasteiger partial charge < -0.3 is 19.3 Å². The summed E-state index contributed by atoms with van der Waals surface area (Å²) in [5.41, 5.74) is 1.10. The van der Waals surface area contributed by atoms with Crippen molar-refractivity contribution >= 4 is 0 Å². The molecule has 1 aromatic carbocycles. The number of imidazole rings is 1. The van der Waals surface area contributed by atoms with Crippen molar-refractivity contribution in [2.24, 2.45) is 0 Å². The molecule has 0 bridgehead atoms. The molecule has 2 aromatic rings. The van der Waals surface area contributed by atoms with Crippen molar-refractivity contribution in [3.05, 3.63) is 36.7 Å². The Morgan fingerprint density at radius 1 is 1.29 bits per heavy atom. The lowest BCUT2D eigenvalue weighted by Crippen LogP contribution is -2.37. The second-order valence-corrected chi connectivity index (χ2v) is 6.35. The summed E-state index contributed by atoms with van der Waals surface area (Å²) in [6.07, 6.45) is 7.66. The molecule has 0 radical (unpaired) electrons. The van der Waals surface area contributed by atoms with Gasteiger partial charge in [-0.1, -0.05) is 6.92 Å². The number of hydrogen-bond acceptors (Lipinski definition) is 4. The van der Waals surface area contributed by atoms with E-state index in [9.17, 15) is 0 Å². The number of aromatic nitrogens is 2. The van der Waals surface area contributed by atoms with Crippen LogP contribution in [-0.4, -0.2) is 52.4 Å². The summed E-state index contributed by atoms with van der Waals surface area (Å²) in [5, 5.41) is 8.83. The number of benzene rings is 1. The maximum absolute atomic E-state index is 8.83. The van der Waals surface area contributed by atoms with Crippen LogP contribution in [-0.2, 0) is 0 Å². The van der Waals surface area contributed by atoms with Gasteiger partial charge in [-0.05, 0) is 56.6 Å². The van der Waals surface area contributed by atoms with Crippen LogP contribution >= 0.6 is 0 Å². The van der Waals surface area contributed by atoms with Crippen LogP contribution in [0.4, 0.5) is 0 Å². The number of aliphatic hydroxyl groups excluding tert-OH is 1. The number of nitrogens with zero attached hydrogens (tertiary/aromatic N) is 3. The summed E-state index contributed by atoms with van der Waals surface area (Å²) in [6, 6.07) is 8.45. The summed E-state index contributed by atoms with van der Waals surface area (Å²) < 4.78 is 7.76. The molecule has 0 spiro atoms. The Kier molecular flexibility index (Phi) is 5.88. The predicted octanol–water partition coefficient (Wildman–Crippen LogP) is 2.97. The molecule has 1 aliphatic heterocycles. The first-order valence-electron chi connectivity index (χ1n) is 8.91. The summed E-state index contributed by atoms with van der Waals surface area (Å²) in [4.78, 5) is 7.15. The Bertz CT molecular complexity index is 622. The number of aliphatic hydroxyl groups is 1. The number of piperidine rings is 1. The van der Waals surface area contributed by atoms with Gasteiger partial charge in [0.15, 0.2) is 0 Å². The lowest BCUT2D eigenvalue weighted by Gasteiger charge is -2.33. The molecule has 0 aliphatic carbocycles. The predicted molar refractivity (Wildman–Crippen MR) is 95.2 cm³/mol. The third-order valence-corrected chi connectivity index (χ3v) is 4.56. The standard InChI is InChI=1S/C19H27N3O2/c1-2-10-21-11-3-4-17(15-21)22-12-9-20-19(22)16-5-7-18(8-6-16)24-14-13-23/h5-9,12,17,23H,2-4,10-11,13-15H2,1H3. The van der Waals surface area contributed by atoms with Crippen molar-refractivity contribution in [2.75, 3.05) is 32.8 Å². The Morgan fingerprint density at radius 2 is 2.12 bits per heavy atom. The van der Waals surface area contributed by atoms with Crippen LogP contribution in [0.1, 0.15) is 32.2 Å². The first kappa shape index (κ1) is 17.0. The third-order valence-electron chi connectivity index (χ3n) is 4.56. The average molecular weight is 329 g/mol. The molecular formula is C19H27N3O2. The average Bonchev–Trinajstić information content (AvgIpc) is 3.11. The number of hydrogen-bond donors (Lipinski definition) is 1. The molecule has 3 rings (SSSR count). The molecule has 1 unspecified atom stereocenters. The minimum absolute atomic E-state index is 0.0299. The highest BCUT2D eigenvalue weighted by molar-refractivity contribution is 5.57. The molecule has 1 N–H and O–H groups in total. The van der Waals surface area contributed by atoms with Gasteiger partial charge >= 0.3 is 0 Å². The molecule has 1 aromatic heterocycles. The van der Waals surface area contributed by atoms with Gasteiger partial charge in [-0.25, -0.2) is 4.98 Å². The monoisotopic (exact) mass is 329 g/mol. The molecule has 1 fully saturated rings. The molecule has 5 heteroatoms. The van der Waals surface area contributed by atoms with Gasteiger partial charge in [0.1, 0.15) is 18.2 Å². The highest BCUT2D eigenvalue weighted by atomic mass is 16.5. The van der Waals surface area contributed by atoms with Gasteiger partial charge in [0.25, 0.3) is 0 Å². The minimum atomic E-state index is 0.0299. The maximum Gasteiger partial charge on any atom is 0.140 e. The Balaban J connectivity index is 1.75. The van der Waals surface area contributed by atoms with Crippen molar-refractivity contribution in [1.82, 2.24) is 14.5 Å². The van der Waals surface area contributed by atoms with E-state index in [4.69, 9.17) is 9.84 Å². The zero-order valence-corrected chi connectivity index (χ0v) is 14.4. The molecule has 0 amide bonds. The zero-order chi connectivity index (χ0) is 16.8. The lowest BCUT2D eigenvalue weighted by atomic mass is 10.0. The Labute approximate surface area is 143 Å².